The largest absolute Gasteiger partial charge is 0.309 e. The predicted molar refractivity (Wildman–Crippen MR) is 81.5 cm³/mol. The third kappa shape index (κ3) is 3.38. The van der Waals surface area contributed by atoms with E-state index in [1.807, 2.05) is 11.3 Å². The summed E-state index contributed by atoms with van der Waals surface area (Å²) in [5.41, 5.74) is 1.38. The van der Waals surface area contributed by atoms with Gasteiger partial charge in [-0.3, -0.25) is 0 Å². The van der Waals surface area contributed by atoms with Crippen LogP contribution in [0.15, 0.2) is 11.4 Å². The van der Waals surface area contributed by atoms with Crippen molar-refractivity contribution in [3.63, 3.8) is 0 Å². The van der Waals surface area contributed by atoms with Crippen molar-refractivity contribution in [3.05, 3.63) is 21.9 Å². The minimum atomic E-state index is -3.02. The highest BCUT2D eigenvalue weighted by Gasteiger charge is 2.29. The Bertz CT molecular complexity index is 526. The number of hydrogen-bond donors (Lipinski definition) is 1. The quantitative estimate of drug-likeness (QED) is 0.930. The zero-order chi connectivity index (χ0) is 14.1. The SMILES string of the molecule is CC(C)(C)S(=O)(=O)CCN[C@H]1CCCc2sccc21. The summed E-state index contributed by atoms with van der Waals surface area (Å²) in [7, 11) is -3.02. The lowest BCUT2D eigenvalue weighted by atomic mass is 9.94. The van der Waals surface area contributed by atoms with Crippen LogP contribution in [0.25, 0.3) is 0 Å². The topological polar surface area (TPSA) is 46.2 Å². The molecule has 0 bridgehead atoms. The number of sulfone groups is 1. The fourth-order valence-electron chi connectivity index (χ4n) is 2.37. The summed E-state index contributed by atoms with van der Waals surface area (Å²) < 4.78 is 23.4. The van der Waals surface area contributed by atoms with E-state index in [0.717, 1.165) is 6.42 Å². The molecular weight excluding hydrogens is 278 g/mol. The van der Waals surface area contributed by atoms with Crippen molar-refractivity contribution in [1.82, 2.24) is 5.32 Å². The van der Waals surface area contributed by atoms with Gasteiger partial charge in [0, 0.05) is 17.5 Å². The van der Waals surface area contributed by atoms with E-state index in [1.54, 1.807) is 20.8 Å². The van der Waals surface area contributed by atoms with E-state index >= 15 is 0 Å². The highest BCUT2D eigenvalue weighted by Crippen LogP contribution is 2.33. The third-order valence-corrected chi connectivity index (χ3v) is 7.35. The van der Waals surface area contributed by atoms with Gasteiger partial charge in [-0.15, -0.1) is 11.3 Å². The van der Waals surface area contributed by atoms with Gasteiger partial charge in [0.2, 0.25) is 0 Å². The molecule has 0 unspecified atom stereocenters. The molecule has 1 aliphatic carbocycles. The Hall–Kier alpha value is -0.390. The number of fused-ring (bicyclic) bond motifs is 1. The summed E-state index contributed by atoms with van der Waals surface area (Å²) in [5.74, 6) is 0.215. The molecule has 5 heteroatoms. The number of thiophene rings is 1. The van der Waals surface area contributed by atoms with Gasteiger partial charge in [0.25, 0.3) is 0 Å². The van der Waals surface area contributed by atoms with Crippen molar-refractivity contribution in [1.29, 1.82) is 0 Å². The van der Waals surface area contributed by atoms with Crippen LogP contribution in [-0.4, -0.2) is 25.5 Å². The van der Waals surface area contributed by atoms with E-state index in [1.165, 1.54) is 23.3 Å². The molecule has 0 aromatic carbocycles. The van der Waals surface area contributed by atoms with E-state index in [4.69, 9.17) is 0 Å². The van der Waals surface area contributed by atoms with Gasteiger partial charge in [-0.1, -0.05) is 0 Å². The molecule has 0 spiro atoms. The highest BCUT2D eigenvalue weighted by atomic mass is 32.2. The molecule has 0 aliphatic heterocycles. The fourth-order valence-corrected chi connectivity index (χ4v) is 4.36. The molecule has 1 heterocycles. The zero-order valence-electron chi connectivity index (χ0n) is 11.9. The maximum Gasteiger partial charge on any atom is 0.156 e. The average molecular weight is 301 g/mol. The predicted octanol–water partition coefficient (Wildman–Crippen LogP) is 2.93. The molecule has 0 amide bonds. The summed E-state index contributed by atoms with van der Waals surface area (Å²) in [5, 5.41) is 5.56. The van der Waals surface area contributed by atoms with Crippen LogP contribution >= 0.6 is 11.3 Å². The van der Waals surface area contributed by atoms with Crippen molar-refractivity contribution in [2.75, 3.05) is 12.3 Å². The Kier molecular flexibility index (Phi) is 4.38. The summed E-state index contributed by atoms with van der Waals surface area (Å²) in [4.78, 5) is 1.46. The van der Waals surface area contributed by atoms with Crippen LogP contribution in [0.4, 0.5) is 0 Å². The van der Waals surface area contributed by atoms with Gasteiger partial charge in [-0.25, -0.2) is 8.42 Å². The van der Waals surface area contributed by atoms with Crippen molar-refractivity contribution in [2.45, 2.75) is 50.8 Å². The molecule has 1 aliphatic rings. The molecule has 1 aromatic heterocycles. The Labute approximate surface area is 120 Å². The Morgan fingerprint density at radius 2 is 2.16 bits per heavy atom. The van der Waals surface area contributed by atoms with Gasteiger partial charge in [0.1, 0.15) is 0 Å². The number of hydrogen-bond acceptors (Lipinski definition) is 4. The molecule has 1 atom stereocenters. The van der Waals surface area contributed by atoms with Gasteiger partial charge in [-0.05, 0) is 57.0 Å². The maximum atomic E-state index is 12.1. The first kappa shape index (κ1) is 15.0. The molecule has 0 fully saturated rings. The summed E-state index contributed by atoms with van der Waals surface area (Å²) >= 11 is 1.81. The minimum absolute atomic E-state index is 0.215. The second-order valence-electron chi connectivity index (χ2n) is 6.13. The van der Waals surface area contributed by atoms with Crippen LogP contribution in [0.2, 0.25) is 0 Å². The second kappa shape index (κ2) is 5.54. The van der Waals surface area contributed by atoms with Crippen molar-refractivity contribution in [3.8, 4) is 0 Å². The van der Waals surface area contributed by atoms with Gasteiger partial charge >= 0.3 is 0 Å². The smallest absolute Gasteiger partial charge is 0.156 e. The summed E-state index contributed by atoms with van der Waals surface area (Å²) in [6.45, 7) is 5.83. The van der Waals surface area contributed by atoms with Gasteiger partial charge in [-0.2, -0.15) is 0 Å². The molecular formula is C14H23NO2S2. The van der Waals surface area contributed by atoms with Crippen LogP contribution in [-0.2, 0) is 16.3 Å². The van der Waals surface area contributed by atoms with Crippen molar-refractivity contribution in [2.24, 2.45) is 0 Å². The Morgan fingerprint density at radius 3 is 2.84 bits per heavy atom. The lowest BCUT2D eigenvalue weighted by molar-refractivity contribution is 0.473. The first-order valence-electron chi connectivity index (χ1n) is 6.83. The molecule has 0 radical (unpaired) electrons. The van der Waals surface area contributed by atoms with E-state index in [9.17, 15) is 8.42 Å². The van der Waals surface area contributed by atoms with E-state index in [-0.39, 0.29) is 5.75 Å². The number of rotatable bonds is 4. The monoisotopic (exact) mass is 301 g/mol. The third-order valence-electron chi connectivity index (χ3n) is 3.75. The maximum absolute atomic E-state index is 12.1. The van der Waals surface area contributed by atoms with Crippen molar-refractivity contribution >= 4 is 21.2 Å². The fraction of sp³-hybridized carbons (Fsp3) is 0.714. The van der Waals surface area contributed by atoms with Gasteiger partial charge < -0.3 is 5.32 Å². The first-order valence-corrected chi connectivity index (χ1v) is 9.36. The molecule has 108 valence electrons. The van der Waals surface area contributed by atoms with E-state index in [2.05, 4.69) is 16.8 Å². The molecule has 3 nitrogen and oxygen atoms in total. The summed E-state index contributed by atoms with van der Waals surface area (Å²) in [6, 6.07) is 2.51. The van der Waals surface area contributed by atoms with Crippen molar-refractivity contribution < 1.29 is 8.42 Å². The van der Waals surface area contributed by atoms with E-state index in [0.29, 0.717) is 12.6 Å². The number of aryl methyl sites for hydroxylation is 1. The normalized spacial score (nSPS) is 20.3. The lowest BCUT2D eigenvalue weighted by Gasteiger charge is -2.25. The molecule has 1 N–H and O–H groups in total. The van der Waals surface area contributed by atoms with Gasteiger partial charge in [0.15, 0.2) is 9.84 Å². The molecule has 0 saturated heterocycles. The number of nitrogens with one attached hydrogen (secondary N) is 1. The second-order valence-corrected chi connectivity index (χ2v) is 9.99. The lowest BCUT2D eigenvalue weighted by Crippen LogP contribution is -2.36. The Balaban J connectivity index is 1.92. The molecule has 19 heavy (non-hydrogen) atoms. The van der Waals surface area contributed by atoms with Crippen LogP contribution in [0, 0.1) is 0 Å². The van der Waals surface area contributed by atoms with Crippen LogP contribution in [0.5, 0.6) is 0 Å². The zero-order valence-corrected chi connectivity index (χ0v) is 13.5. The molecule has 2 rings (SSSR count). The van der Waals surface area contributed by atoms with Crippen LogP contribution in [0.3, 0.4) is 0 Å². The highest BCUT2D eigenvalue weighted by molar-refractivity contribution is 7.92. The minimum Gasteiger partial charge on any atom is -0.309 e. The first-order chi connectivity index (χ1) is 8.81. The van der Waals surface area contributed by atoms with Crippen LogP contribution in [0.1, 0.15) is 50.1 Å². The summed E-state index contributed by atoms with van der Waals surface area (Å²) in [6.07, 6.45) is 3.47. The molecule has 1 aromatic rings. The standard InChI is InChI=1S/C14H23NO2S2/c1-14(2,3)19(16,17)10-8-15-12-5-4-6-13-11(12)7-9-18-13/h7,9,12,15H,4-6,8,10H2,1-3H3/t12-/m0/s1. The van der Waals surface area contributed by atoms with Crippen LogP contribution < -0.4 is 5.32 Å². The van der Waals surface area contributed by atoms with Gasteiger partial charge in [0.05, 0.1) is 10.5 Å². The van der Waals surface area contributed by atoms with E-state index < -0.39 is 14.6 Å². The molecule has 0 saturated carbocycles. The average Bonchev–Trinajstić information content (AvgIpc) is 2.76. The Morgan fingerprint density at radius 1 is 1.42 bits per heavy atom.